The van der Waals surface area contributed by atoms with Crippen molar-refractivity contribution in [3.8, 4) is 11.3 Å². The number of aromatic nitrogens is 3. The quantitative estimate of drug-likeness (QED) is 0.342. The highest BCUT2D eigenvalue weighted by Crippen LogP contribution is 2.36. The molecule has 12 heteroatoms. The zero-order valence-electron chi connectivity index (χ0n) is 19.8. The average Bonchev–Trinajstić information content (AvgIpc) is 3.69. The number of halogens is 2. The van der Waals surface area contributed by atoms with E-state index < -0.39 is 33.5 Å². The van der Waals surface area contributed by atoms with Gasteiger partial charge < -0.3 is 13.9 Å². The molecular formula is C26H20F2N4O5S. The van der Waals surface area contributed by atoms with Crippen molar-refractivity contribution in [3.63, 3.8) is 0 Å². The third-order valence-electron chi connectivity index (χ3n) is 6.32. The van der Waals surface area contributed by atoms with E-state index in [2.05, 4.69) is 19.9 Å². The van der Waals surface area contributed by atoms with Gasteiger partial charge in [-0.1, -0.05) is 6.07 Å². The van der Waals surface area contributed by atoms with Gasteiger partial charge in [-0.3, -0.25) is 9.98 Å². The predicted molar refractivity (Wildman–Crippen MR) is 131 cm³/mol. The lowest BCUT2D eigenvalue weighted by Gasteiger charge is -2.14. The standard InChI is InChI=1S/C26H20F2N4O5S/c27-19-4-3-15(13-38(33,34)26-17(6-9-37-26)25-35-10-11-36-25)22(28)18(19)12-21-16(2-1-7-29-21)23-24-20(5-8-30-24)31-14-32-23/h1-4,6-9,14,25H,5,10-13H2. The van der Waals surface area contributed by atoms with Crippen molar-refractivity contribution in [1.82, 2.24) is 15.0 Å². The normalized spacial score (nSPS) is 15.3. The Labute approximate surface area is 216 Å². The van der Waals surface area contributed by atoms with E-state index >= 15 is 4.39 Å². The van der Waals surface area contributed by atoms with Crippen LogP contribution in [0, 0.1) is 11.6 Å². The highest BCUT2D eigenvalue weighted by molar-refractivity contribution is 7.90. The minimum absolute atomic E-state index is 0.198. The number of sulfone groups is 1. The number of fused-ring (bicyclic) bond motifs is 1. The van der Waals surface area contributed by atoms with Crippen molar-refractivity contribution in [3.05, 3.63) is 88.8 Å². The van der Waals surface area contributed by atoms with Gasteiger partial charge in [0.05, 0.1) is 42.2 Å². The molecule has 0 amide bonds. The number of hydrogen-bond donors (Lipinski definition) is 0. The second-order valence-corrected chi connectivity index (χ2v) is 10.6. The van der Waals surface area contributed by atoms with Crippen LogP contribution in [0.1, 0.15) is 34.4 Å². The fourth-order valence-corrected chi connectivity index (χ4v) is 6.03. The molecule has 0 atom stereocenters. The molecule has 0 spiro atoms. The van der Waals surface area contributed by atoms with Gasteiger partial charge in [0.15, 0.2) is 6.29 Å². The first kappa shape index (κ1) is 24.5. The predicted octanol–water partition coefficient (Wildman–Crippen LogP) is 4.28. The summed E-state index contributed by atoms with van der Waals surface area (Å²) in [5.41, 5.74) is 2.44. The molecule has 6 rings (SSSR count). The van der Waals surface area contributed by atoms with E-state index in [-0.39, 0.29) is 28.2 Å². The molecule has 0 unspecified atom stereocenters. The van der Waals surface area contributed by atoms with Crippen LogP contribution in [0.4, 0.5) is 14.5 Å². The summed E-state index contributed by atoms with van der Waals surface area (Å²) in [6.07, 6.45) is 5.29. The SMILES string of the molecule is O=S(=O)(Cc1ccc(F)c(Cc2ncccc2-c2ncnc3c2N=CC3)c1F)c1occc1C1OCCO1. The molecule has 1 aromatic carbocycles. The molecule has 0 radical (unpaired) electrons. The van der Waals surface area contributed by atoms with Gasteiger partial charge in [-0.15, -0.1) is 0 Å². The molecule has 0 bridgehead atoms. The first-order valence-corrected chi connectivity index (χ1v) is 13.4. The molecule has 1 saturated heterocycles. The monoisotopic (exact) mass is 538 g/mol. The Balaban J connectivity index is 1.34. The lowest BCUT2D eigenvalue weighted by atomic mass is 9.99. The maximum atomic E-state index is 15.7. The minimum atomic E-state index is -4.16. The van der Waals surface area contributed by atoms with Gasteiger partial charge in [-0.05, 0) is 24.3 Å². The molecule has 3 aromatic heterocycles. The van der Waals surface area contributed by atoms with Crippen molar-refractivity contribution in [2.24, 2.45) is 4.99 Å². The Morgan fingerprint density at radius 2 is 1.87 bits per heavy atom. The molecule has 4 aromatic rings. The zero-order chi connectivity index (χ0) is 26.3. The first-order valence-electron chi connectivity index (χ1n) is 11.7. The molecule has 1 fully saturated rings. The number of rotatable bonds is 7. The van der Waals surface area contributed by atoms with E-state index in [9.17, 15) is 12.8 Å². The van der Waals surface area contributed by atoms with Crippen LogP contribution in [0.2, 0.25) is 0 Å². The maximum Gasteiger partial charge on any atom is 0.226 e. The van der Waals surface area contributed by atoms with Gasteiger partial charge in [0.1, 0.15) is 29.3 Å². The highest BCUT2D eigenvalue weighted by atomic mass is 32.2. The van der Waals surface area contributed by atoms with E-state index in [0.29, 0.717) is 42.3 Å². The number of aliphatic imine (C=N–C) groups is 1. The molecule has 2 aliphatic rings. The van der Waals surface area contributed by atoms with Crippen molar-refractivity contribution >= 4 is 21.7 Å². The molecule has 2 aliphatic heterocycles. The number of nitrogens with zero attached hydrogens (tertiary/aromatic N) is 4. The summed E-state index contributed by atoms with van der Waals surface area (Å²) < 4.78 is 73.0. The summed E-state index contributed by atoms with van der Waals surface area (Å²) in [6, 6.07) is 7.04. The lowest BCUT2D eigenvalue weighted by Crippen LogP contribution is -2.12. The van der Waals surface area contributed by atoms with Crippen LogP contribution in [-0.2, 0) is 37.9 Å². The average molecular weight is 539 g/mol. The zero-order valence-corrected chi connectivity index (χ0v) is 20.6. The Hall–Kier alpha value is -3.87. The number of benzene rings is 1. The molecule has 38 heavy (non-hydrogen) atoms. The van der Waals surface area contributed by atoms with Crippen LogP contribution in [0.3, 0.4) is 0 Å². The van der Waals surface area contributed by atoms with E-state index in [4.69, 9.17) is 13.9 Å². The van der Waals surface area contributed by atoms with E-state index in [1.54, 1.807) is 18.3 Å². The minimum Gasteiger partial charge on any atom is -0.452 e. The third kappa shape index (κ3) is 4.40. The summed E-state index contributed by atoms with van der Waals surface area (Å²) >= 11 is 0. The Kier molecular flexibility index (Phi) is 6.30. The first-order chi connectivity index (χ1) is 18.4. The van der Waals surface area contributed by atoms with Crippen LogP contribution in [0.5, 0.6) is 0 Å². The fraction of sp³-hybridized carbons (Fsp3) is 0.231. The van der Waals surface area contributed by atoms with Gasteiger partial charge in [0, 0.05) is 41.9 Å². The third-order valence-corrected chi connectivity index (χ3v) is 7.91. The van der Waals surface area contributed by atoms with E-state index in [0.717, 1.165) is 17.8 Å². The number of hydrogen-bond acceptors (Lipinski definition) is 9. The summed E-state index contributed by atoms with van der Waals surface area (Å²) in [7, 11) is -4.16. The lowest BCUT2D eigenvalue weighted by molar-refractivity contribution is -0.0472. The van der Waals surface area contributed by atoms with Crippen LogP contribution in [0.25, 0.3) is 11.3 Å². The summed E-state index contributed by atoms with van der Waals surface area (Å²) in [4.78, 5) is 17.3. The molecule has 9 nitrogen and oxygen atoms in total. The van der Waals surface area contributed by atoms with Gasteiger partial charge in [-0.2, -0.15) is 0 Å². The van der Waals surface area contributed by atoms with Crippen LogP contribution < -0.4 is 0 Å². The topological polar surface area (TPSA) is 117 Å². The van der Waals surface area contributed by atoms with Crippen molar-refractivity contribution < 1.29 is 31.1 Å². The second kappa shape index (κ2) is 9.78. The molecular weight excluding hydrogens is 518 g/mol. The summed E-state index contributed by atoms with van der Waals surface area (Å²) in [6.45, 7) is 0.621. The second-order valence-electron chi connectivity index (χ2n) is 8.70. The number of pyridine rings is 1. The Morgan fingerprint density at radius 3 is 2.71 bits per heavy atom. The smallest absolute Gasteiger partial charge is 0.226 e. The highest BCUT2D eigenvalue weighted by Gasteiger charge is 2.32. The molecule has 194 valence electrons. The number of furan rings is 1. The van der Waals surface area contributed by atoms with E-state index in [1.807, 2.05) is 0 Å². The van der Waals surface area contributed by atoms with Crippen molar-refractivity contribution in [2.75, 3.05) is 13.2 Å². The van der Waals surface area contributed by atoms with Gasteiger partial charge in [-0.25, -0.2) is 27.2 Å². The van der Waals surface area contributed by atoms with Gasteiger partial charge >= 0.3 is 0 Å². The van der Waals surface area contributed by atoms with Crippen molar-refractivity contribution in [1.29, 1.82) is 0 Å². The number of ether oxygens (including phenoxy) is 2. The van der Waals surface area contributed by atoms with Crippen molar-refractivity contribution in [2.45, 2.75) is 30.0 Å². The molecule has 0 N–H and O–H groups in total. The van der Waals surface area contributed by atoms with E-state index in [1.165, 1.54) is 24.9 Å². The Morgan fingerprint density at radius 1 is 1.03 bits per heavy atom. The van der Waals surface area contributed by atoms with Crippen LogP contribution in [0.15, 0.2) is 63.6 Å². The molecule has 5 heterocycles. The van der Waals surface area contributed by atoms with Gasteiger partial charge in [0.2, 0.25) is 14.9 Å². The fourth-order valence-electron chi connectivity index (χ4n) is 4.54. The molecule has 0 saturated carbocycles. The largest absolute Gasteiger partial charge is 0.452 e. The van der Waals surface area contributed by atoms with Crippen LogP contribution >= 0.6 is 0 Å². The maximum absolute atomic E-state index is 15.7. The van der Waals surface area contributed by atoms with Gasteiger partial charge in [0.25, 0.3) is 0 Å². The molecule has 0 aliphatic carbocycles. The summed E-state index contributed by atoms with van der Waals surface area (Å²) in [5.74, 6) is -2.54. The Bertz CT molecular complexity index is 1670. The summed E-state index contributed by atoms with van der Waals surface area (Å²) in [5, 5.41) is -0.375. The van der Waals surface area contributed by atoms with Crippen LogP contribution in [-0.4, -0.2) is 42.8 Å².